The Hall–Kier alpha value is -2.26. The molecule has 0 heterocycles. The summed E-state index contributed by atoms with van der Waals surface area (Å²) in [6, 6.07) is 14.8. The normalized spacial score (nSPS) is 16.1. The molecule has 3 rings (SSSR count). The van der Waals surface area contributed by atoms with Gasteiger partial charge in [0.15, 0.2) is 11.5 Å². The van der Waals surface area contributed by atoms with Crippen LogP contribution in [0.25, 0.3) is 5.57 Å². The second-order valence-corrected chi connectivity index (χ2v) is 8.45. The van der Waals surface area contributed by atoms with Gasteiger partial charge in [0.1, 0.15) is 0 Å². The number of nitrogens with two attached hydrogens (primary N) is 1. The summed E-state index contributed by atoms with van der Waals surface area (Å²) < 4.78 is 12.4. The van der Waals surface area contributed by atoms with E-state index in [-0.39, 0.29) is 0 Å². The van der Waals surface area contributed by atoms with Gasteiger partial charge in [-0.25, -0.2) is 0 Å². The van der Waals surface area contributed by atoms with Gasteiger partial charge in [-0.2, -0.15) is 0 Å². The van der Waals surface area contributed by atoms with Gasteiger partial charge in [0.2, 0.25) is 0 Å². The standard InChI is InChI=1S/C25H33NO2/c1-17(2)15-27-24-11-10-22-21(14-26)12-20(19-8-6-5-7-9-19)13-23(22)25(24)28-16-18(3)4/h5-12,17-18,20H,13-16,26H2,1-4H3. The number of rotatable bonds is 8. The molecule has 1 atom stereocenters. The van der Waals surface area contributed by atoms with Gasteiger partial charge >= 0.3 is 0 Å². The van der Waals surface area contributed by atoms with Crippen LogP contribution in [0.15, 0.2) is 48.5 Å². The van der Waals surface area contributed by atoms with E-state index in [9.17, 15) is 0 Å². The van der Waals surface area contributed by atoms with Gasteiger partial charge in [0.25, 0.3) is 0 Å². The molecular weight excluding hydrogens is 346 g/mol. The second-order valence-electron chi connectivity index (χ2n) is 8.45. The molecule has 1 aliphatic carbocycles. The SMILES string of the molecule is CC(C)COc1ccc2c(c1OCC(C)C)CC(c1ccccc1)C=C2CN. The van der Waals surface area contributed by atoms with E-state index in [2.05, 4.69) is 70.2 Å². The van der Waals surface area contributed by atoms with Crippen molar-refractivity contribution in [2.24, 2.45) is 17.6 Å². The number of hydrogen-bond donors (Lipinski definition) is 1. The van der Waals surface area contributed by atoms with Gasteiger partial charge in [-0.1, -0.05) is 70.2 Å². The molecule has 0 amide bonds. The van der Waals surface area contributed by atoms with Crippen LogP contribution in [0.1, 0.15) is 50.3 Å². The highest BCUT2D eigenvalue weighted by molar-refractivity contribution is 5.76. The minimum atomic E-state index is 0.300. The van der Waals surface area contributed by atoms with E-state index in [4.69, 9.17) is 15.2 Å². The first kappa shape index (κ1) is 20.5. The summed E-state index contributed by atoms with van der Waals surface area (Å²) in [6.45, 7) is 10.5. The molecule has 0 fully saturated rings. The molecule has 1 unspecified atom stereocenters. The summed E-state index contributed by atoms with van der Waals surface area (Å²) in [5.74, 6) is 2.95. The van der Waals surface area contributed by atoms with Crippen LogP contribution in [-0.4, -0.2) is 19.8 Å². The predicted molar refractivity (Wildman–Crippen MR) is 117 cm³/mol. The molecule has 0 radical (unpaired) electrons. The third-order valence-corrected chi connectivity index (χ3v) is 4.98. The molecule has 0 saturated heterocycles. The van der Waals surface area contributed by atoms with Crippen molar-refractivity contribution in [3.05, 3.63) is 65.2 Å². The third-order valence-electron chi connectivity index (χ3n) is 4.98. The zero-order valence-electron chi connectivity index (χ0n) is 17.6. The first-order valence-corrected chi connectivity index (χ1v) is 10.4. The lowest BCUT2D eigenvalue weighted by Crippen LogP contribution is -2.17. The van der Waals surface area contributed by atoms with E-state index in [0.717, 1.165) is 17.9 Å². The van der Waals surface area contributed by atoms with Crippen LogP contribution in [0.5, 0.6) is 11.5 Å². The monoisotopic (exact) mass is 379 g/mol. The molecule has 2 aromatic rings. The number of ether oxygens (including phenoxy) is 2. The Balaban J connectivity index is 2.03. The highest BCUT2D eigenvalue weighted by atomic mass is 16.5. The highest BCUT2D eigenvalue weighted by Gasteiger charge is 2.26. The highest BCUT2D eigenvalue weighted by Crippen LogP contribution is 2.43. The maximum Gasteiger partial charge on any atom is 0.164 e. The molecule has 0 aromatic heterocycles. The van der Waals surface area contributed by atoms with Crippen molar-refractivity contribution in [3.8, 4) is 11.5 Å². The Morgan fingerprint density at radius 1 is 0.929 bits per heavy atom. The van der Waals surface area contributed by atoms with Crippen LogP contribution < -0.4 is 15.2 Å². The number of fused-ring (bicyclic) bond motifs is 1. The van der Waals surface area contributed by atoms with E-state index in [1.165, 1.54) is 22.3 Å². The fourth-order valence-corrected chi connectivity index (χ4v) is 3.59. The lowest BCUT2D eigenvalue weighted by molar-refractivity contribution is 0.227. The predicted octanol–water partition coefficient (Wildman–Crippen LogP) is 5.44. The van der Waals surface area contributed by atoms with E-state index in [1.54, 1.807) is 0 Å². The maximum atomic E-state index is 6.31. The topological polar surface area (TPSA) is 44.5 Å². The maximum absolute atomic E-state index is 6.31. The average molecular weight is 380 g/mol. The van der Waals surface area contributed by atoms with Crippen molar-refractivity contribution in [1.82, 2.24) is 0 Å². The van der Waals surface area contributed by atoms with E-state index >= 15 is 0 Å². The Labute approximate surface area is 169 Å². The first-order chi connectivity index (χ1) is 13.5. The summed E-state index contributed by atoms with van der Waals surface area (Å²) in [6.07, 6.45) is 3.22. The van der Waals surface area contributed by atoms with Crippen molar-refractivity contribution in [2.45, 2.75) is 40.0 Å². The van der Waals surface area contributed by atoms with Crippen molar-refractivity contribution < 1.29 is 9.47 Å². The van der Waals surface area contributed by atoms with Crippen LogP contribution in [0.3, 0.4) is 0 Å². The molecule has 0 spiro atoms. The lowest BCUT2D eigenvalue weighted by Gasteiger charge is -2.28. The zero-order valence-corrected chi connectivity index (χ0v) is 17.6. The van der Waals surface area contributed by atoms with Crippen molar-refractivity contribution in [1.29, 1.82) is 0 Å². The minimum absolute atomic E-state index is 0.300. The van der Waals surface area contributed by atoms with E-state index in [1.807, 2.05) is 6.07 Å². The molecular formula is C25H33NO2. The second kappa shape index (κ2) is 9.29. The summed E-state index contributed by atoms with van der Waals surface area (Å²) in [4.78, 5) is 0. The van der Waals surface area contributed by atoms with Crippen LogP contribution in [-0.2, 0) is 6.42 Å². The molecule has 0 aliphatic heterocycles. The smallest absolute Gasteiger partial charge is 0.164 e. The van der Waals surface area contributed by atoms with Crippen LogP contribution >= 0.6 is 0 Å². The Kier molecular flexibility index (Phi) is 6.79. The molecule has 0 bridgehead atoms. The fraction of sp³-hybridized carbons (Fsp3) is 0.440. The zero-order chi connectivity index (χ0) is 20.1. The van der Waals surface area contributed by atoms with E-state index < -0.39 is 0 Å². The van der Waals surface area contributed by atoms with Gasteiger partial charge in [-0.05, 0) is 41.0 Å². The average Bonchev–Trinajstić information content (AvgIpc) is 2.70. The Bertz CT molecular complexity index is 809. The largest absolute Gasteiger partial charge is 0.489 e. The molecule has 2 N–H and O–H groups in total. The van der Waals surface area contributed by atoms with Crippen LogP contribution in [0, 0.1) is 11.8 Å². The van der Waals surface area contributed by atoms with Gasteiger partial charge in [0, 0.05) is 18.0 Å². The third kappa shape index (κ3) is 4.77. The van der Waals surface area contributed by atoms with Crippen molar-refractivity contribution >= 4 is 5.57 Å². The first-order valence-electron chi connectivity index (χ1n) is 10.4. The van der Waals surface area contributed by atoms with Crippen molar-refractivity contribution in [2.75, 3.05) is 19.8 Å². The quantitative estimate of drug-likeness (QED) is 0.664. The number of benzene rings is 2. The lowest BCUT2D eigenvalue weighted by atomic mass is 9.80. The number of allylic oxidation sites excluding steroid dienone is 1. The molecule has 0 saturated carbocycles. The molecule has 28 heavy (non-hydrogen) atoms. The summed E-state index contributed by atoms with van der Waals surface area (Å²) in [5.41, 5.74) is 11.0. The van der Waals surface area contributed by atoms with E-state index in [0.29, 0.717) is 37.5 Å². The summed E-state index contributed by atoms with van der Waals surface area (Å²) in [5, 5.41) is 0. The fourth-order valence-electron chi connectivity index (χ4n) is 3.59. The summed E-state index contributed by atoms with van der Waals surface area (Å²) >= 11 is 0. The van der Waals surface area contributed by atoms with Crippen LogP contribution in [0.4, 0.5) is 0 Å². The van der Waals surface area contributed by atoms with Gasteiger partial charge in [-0.15, -0.1) is 0 Å². The molecule has 2 aromatic carbocycles. The Morgan fingerprint density at radius 2 is 1.61 bits per heavy atom. The molecule has 3 nitrogen and oxygen atoms in total. The van der Waals surface area contributed by atoms with Gasteiger partial charge < -0.3 is 15.2 Å². The van der Waals surface area contributed by atoms with Gasteiger partial charge in [0.05, 0.1) is 13.2 Å². The molecule has 1 aliphatic rings. The number of hydrogen-bond acceptors (Lipinski definition) is 3. The van der Waals surface area contributed by atoms with Crippen molar-refractivity contribution in [3.63, 3.8) is 0 Å². The molecule has 3 heteroatoms. The Morgan fingerprint density at radius 3 is 2.25 bits per heavy atom. The van der Waals surface area contributed by atoms with Gasteiger partial charge in [-0.3, -0.25) is 0 Å². The van der Waals surface area contributed by atoms with Crippen LogP contribution in [0.2, 0.25) is 0 Å². The minimum Gasteiger partial charge on any atom is -0.489 e. The molecule has 150 valence electrons. The summed E-state index contributed by atoms with van der Waals surface area (Å²) in [7, 11) is 0.